The Labute approximate surface area is 158 Å². The molecule has 0 bridgehead atoms. The van der Waals surface area contributed by atoms with Crippen molar-refractivity contribution in [3.05, 3.63) is 11.6 Å². The second-order valence-corrected chi connectivity index (χ2v) is 9.33. The summed E-state index contributed by atoms with van der Waals surface area (Å²) in [4.78, 5) is 22.3. The number of hydrogen-bond acceptors (Lipinski definition) is 3. The van der Waals surface area contributed by atoms with E-state index in [1.807, 2.05) is 6.92 Å². The van der Waals surface area contributed by atoms with Gasteiger partial charge in [-0.1, -0.05) is 45.8 Å². The molecule has 26 heavy (non-hydrogen) atoms. The van der Waals surface area contributed by atoms with Crippen LogP contribution in [-0.2, 0) is 14.3 Å². The largest absolute Gasteiger partial charge is 0.481 e. The highest BCUT2D eigenvalue weighted by Gasteiger charge is 2.49. The lowest BCUT2D eigenvalue weighted by molar-refractivity contribution is -0.144. The number of ether oxygens (including phenoxy) is 1. The highest BCUT2D eigenvalue weighted by Crippen LogP contribution is 2.58. The number of carbonyl (C=O) groups is 2. The van der Waals surface area contributed by atoms with Crippen molar-refractivity contribution in [3.63, 3.8) is 0 Å². The number of esters is 1. The van der Waals surface area contributed by atoms with Gasteiger partial charge in [0.1, 0.15) is 6.61 Å². The summed E-state index contributed by atoms with van der Waals surface area (Å²) in [5.41, 5.74) is 1.62. The predicted molar refractivity (Wildman–Crippen MR) is 103 cm³/mol. The summed E-state index contributed by atoms with van der Waals surface area (Å²) in [7, 11) is 0. The van der Waals surface area contributed by atoms with Crippen molar-refractivity contribution in [2.24, 2.45) is 28.6 Å². The van der Waals surface area contributed by atoms with Crippen molar-refractivity contribution in [1.29, 1.82) is 0 Å². The zero-order valence-electron chi connectivity index (χ0n) is 17.1. The van der Waals surface area contributed by atoms with Crippen LogP contribution in [0.5, 0.6) is 0 Å². The molecule has 2 aliphatic carbocycles. The van der Waals surface area contributed by atoms with E-state index in [0.717, 1.165) is 32.1 Å². The van der Waals surface area contributed by atoms with Gasteiger partial charge in [-0.15, -0.1) is 0 Å². The van der Waals surface area contributed by atoms with Crippen LogP contribution in [0.4, 0.5) is 0 Å². The molecule has 4 nitrogen and oxygen atoms in total. The number of carboxylic acid groups (broad SMARTS) is 1. The monoisotopic (exact) mass is 364 g/mol. The van der Waals surface area contributed by atoms with Gasteiger partial charge < -0.3 is 9.84 Å². The summed E-state index contributed by atoms with van der Waals surface area (Å²) in [5.74, 6) is 0.402. The van der Waals surface area contributed by atoms with Gasteiger partial charge in [-0.3, -0.25) is 9.59 Å². The van der Waals surface area contributed by atoms with E-state index in [0.29, 0.717) is 18.4 Å². The maximum atomic E-state index is 11.3. The van der Waals surface area contributed by atoms with Crippen LogP contribution in [0.15, 0.2) is 11.6 Å². The van der Waals surface area contributed by atoms with Gasteiger partial charge >= 0.3 is 11.9 Å². The average molecular weight is 365 g/mol. The molecule has 0 aliphatic heterocycles. The van der Waals surface area contributed by atoms with Crippen LogP contribution in [0.2, 0.25) is 0 Å². The highest BCUT2D eigenvalue weighted by atomic mass is 16.5. The quantitative estimate of drug-likeness (QED) is 0.497. The number of rotatable bonds is 7. The van der Waals surface area contributed by atoms with E-state index in [1.165, 1.54) is 18.9 Å². The van der Waals surface area contributed by atoms with Gasteiger partial charge in [0.15, 0.2) is 0 Å². The van der Waals surface area contributed by atoms with Crippen molar-refractivity contribution >= 4 is 11.9 Å². The molecule has 5 atom stereocenters. The molecule has 2 rings (SSSR count). The molecule has 0 spiro atoms. The van der Waals surface area contributed by atoms with E-state index in [2.05, 4.69) is 26.8 Å². The molecule has 2 aliphatic rings. The van der Waals surface area contributed by atoms with Crippen molar-refractivity contribution < 1.29 is 19.4 Å². The summed E-state index contributed by atoms with van der Waals surface area (Å²) in [5, 5.41) is 9.05. The number of aliphatic carboxylic acids is 1. The maximum absolute atomic E-state index is 11.3. The van der Waals surface area contributed by atoms with Crippen LogP contribution >= 0.6 is 0 Å². The lowest BCUT2D eigenvalue weighted by Gasteiger charge is -2.54. The molecule has 0 radical (unpaired) electrons. The number of hydrogen-bond donors (Lipinski definition) is 1. The smallest absolute Gasteiger partial charge is 0.303 e. The van der Waals surface area contributed by atoms with Gasteiger partial charge in [0.25, 0.3) is 0 Å². The molecular formula is C22H36O4. The third-order valence-corrected chi connectivity index (χ3v) is 7.20. The van der Waals surface area contributed by atoms with Gasteiger partial charge in [0.2, 0.25) is 0 Å². The van der Waals surface area contributed by atoms with Crippen LogP contribution in [0.3, 0.4) is 0 Å². The van der Waals surface area contributed by atoms with E-state index in [4.69, 9.17) is 9.84 Å². The highest BCUT2D eigenvalue weighted by molar-refractivity contribution is 5.67. The molecule has 0 aromatic heterocycles. The Bertz CT molecular complexity index is 566. The Morgan fingerprint density at radius 2 is 2.08 bits per heavy atom. The SMILES string of the molecule is CC(=O)OCC1(C)CCCC2C1=CCC(C)C2(C)CCC(C)CC(=O)O. The topological polar surface area (TPSA) is 63.6 Å². The summed E-state index contributed by atoms with van der Waals surface area (Å²) in [6, 6.07) is 0. The number of allylic oxidation sites excluding steroid dienone is 1. The van der Waals surface area contributed by atoms with Gasteiger partial charge in [-0.25, -0.2) is 0 Å². The molecule has 148 valence electrons. The van der Waals surface area contributed by atoms with Gasteiger partial charge in [-0.05, 0) is 55.3 Å². The average Bonchev–Trinajstić information content (AvgIpc) is 2.55. The number of carbonyl (C=O) groups excluding carboxylic acids is 1. The summed E-state index contributed by atoms with van der Waals surface area (Å²) < 4.78 is 5.43. The van der Waals surface area contributed by atoms with Crippen molar-refractivity contribution in [2.75, 3.05) is 6.61 Å². The molecular weight excluding hydrogens is 328 g/mol. The van der Waals surface area contributed by atoms with Crippen LogP contribution in [0.25, 0.3) is 0 Å². The minimum absolute atomic E-state index is 0.0529. The first kappa shape index (κ1) is 21.0. The maximum Gasteiger partial charge on any atom is 0.303 e. The first-order valence-electron chi connectivity index (χ1n) is 10.1. The molecule has 1 N–H and O–H groups in total. The molecule has 0 aromatic carbocycles. The molecule has 0 saturated heterocycles. The van der Waals surface area contributed by atoms with Crippen molar-refractivity contribution in [2.45, 2.75) is 79.6 Å². The van der Waals surface area contributed by atoms with Gasteiger partial charge in [0.05, 0.1) is 0 Å². The van der Waals surface area contributed by atoms with Crippen LogP contribution < -0.4 is 0 Å². The first-order valence-corrected chi connectivity index (χ1v) is 10.1. The lowest BCUT2D eigenvalue weighted by Crippen LogP contribution is -2.46. The van der Waals surface area contributed by atoms with E-state index in [1.54, 1.807) is 0 Å². The van der Waals surface area contributed by atoms with E-state index < -0.39 is 5.97 Å². The fourth-order valence-electron chi connectivity index (χ4n) is 5.20. The summed E-state index contributed by atoms with van der Waals surface area (Å²) in [6.07, 6.45) is 9.17. The van der Waals surface area contributed by atoms with Crippen LogP contribution in [0.1, 0.15) is 79.6 Å². The lowest BCUT2D eigenvalue weighted by atomic mass is 9.51. The molecule has 5 unspecified atom stereocenters. The van der Waals surface area contributed by atoms with E-state index in [-0.39, 0.29) is 29.1 Å². The van der Waals surface area contributed by atoms with Crippen molar-refractivity contribution in [3.8, 4) is 0 Å². The Kier molecular flexibility index (Phi) is 6.57. The second kappa shape index (κ2) is 8.14. The predicted octanol–water partition coefficient (Wildman–Crippen LogP) is 5.22. The second-order valence-electron chi connectivity index (χ2n) is 9.33. The number of fused-ring (bicyclic) bond motifs is 1. The standard InChI is InChI=1S/C22H36O4/c1-15(13-20(24)25)10-12-22(5)16(2)8-9-18-19(22)7-6-11-21(18,4)14-26-17(3)23/h9,15-16,19H,6-8,10-14H2,1-5H3,(H,24,25). The summed E-state index contributed by atoms with van der Waals surface area (Å²) >= 11 is 0. The molecule has 0 amide bonds. The summed E-state index contributed by atoms with van der Waals surface area (Å²) in [6.45, 7) is 11.0. The Balaban J connectivity index is 2.17. The minimum Gasteiger partial charge on any atom is -0.481 e. The van der Waals surface area contributed by atoms with Crippen LogP contribution in [0, 0.1) is 28.6 Å². The molecule has 1 fully saturated rings. The molecule has 0 heterocycles. The van der Waals surface area contributed by atoms with E-state index in [9.17, 15) is 9.59 Å². The first-order chi connectivity index (χ1) is 12.1. The molecule has 0 aromatic rings. The van der Waals surface area contributed by atoms with Crippen LogP contribution in [-0.4, -0.2) is 23.7 Å². The minimum atomic E-state index is -0.702. The third-order valence-electron chi connectivity index (χ3n) is 7.20. The van der Waals surface area contributed by atoms with Gasteiger partial charge in [-0.2, -0.15) is 0 Å². The third kappa shape index (κ3) is 4.50. The normalized spacial score (nSPS) is 35.2. The Morgan fingerprint density at radius 3 is 2.69 bits per heavy atom. The Hall–Kier alpha value is -1.32. The van der Waals surface area contributed by atoms with E-state index >= 15 is 0 Å². The van der Waals surface area contributed by atoms with Gasteiger partial charge in [0, 0.05) is 18.8 Å². The molecule has 4 heteroatoms. The Morgan fingerprint density at radius 1 is 1.38 bits per heavy atom. The van der Waals surface area contributed by atoms with Crippen molar-refractivity contribution in [1.82, 2.24) is 0 Å². The number of carboxylic acids is 1. The molecule has 1 saturated carbocycles. The fraction of sp³-hybridized carbons (Fsp3) is 0.818. The fourth-order valence-corrected chi connectivity index (χ4v) is 5.20. The zero-order valence-corrected chi connectivity index (χ0v) is 17.1. The zero-order chi connectivity index (χ0) is 19.5.